The van der Waals surface area contributed by atoms with Crippen LogP contribution in [0.2, 0.25) is 0 Å². The summed E-state index contributed by atoms with van der Waals surface area (Å²) in [6.07, 6.45) is 2.42. The van der Waals surface area contributed by atoms with E-state index in [1.807, 2.05) is 25.1 Å². The molecule has 4 heteroatoms. The Morgan fingerprint density at radius 3 is 2.33 bits per heavy atom. The van der Waals surface area contributed by atoms with Crippen molar-refractivity contribution in [3.05, 3.63) is 35.9 Å². The molecule has 0 aliphatic rings. The number of hydrogen-bond donors (Lipinski definition) is 0. The fourth-order valence-electron chi connectivity index (χ4n) is 1.53. The van der Waals surface area contributed by atoms with Gasteiger partial charge in [0.05, 0.1) is 0 Å². The van der Waals surface area contributed by atoms with E-state index in [0.29, 0.717) is 6.42 Å². The van der Waals surface area contributed by atoms with Crippen LogP contribution in [0.25, 0.3) is 0 Å². The van der Waals surface area contributed by atoms with Gasteiger partial charge in [0.15, 0.2) is 0 Å². The van der Waals surface area contributed by atoms with Crippen molar-refractivity contribution in [3.8, 4) is 0 Å². The third kappa shape index (κ3) is 3.84. The van der Waals surface area contributed by atoms with Crippen LogP contribution in [-0.2, 0) is 9.05 Å². The zero-order valence-electron chi connectivity index (χ0n) is 8.69. The third-order valence-electron chi connectivity index (χ3n) is 2.33. The Kier molecular flexibility index (Phi) is 4.61. The Bertz CT molecular complexity index is 386. The van der Waals surface area contributed by atoms with Crippen molar-refractivity contribution in [1.82, 2.24) is 0 Å². The van der Waals surface area contributed by atoms with E-state index in [1.54, 1.807) is 12.1 Å². The SMILES string of the molecule is CCCCC(c1ccccc1)S(=O)(=O)Cl. The summed E-state index contributed by atoms with van der Waals surface area (Å²) >= 11 is 0. The van der Waals surface area contributed by atoms with Gasteiger partial charge in [-0.15, -0.1) is 0 Å². The number of rotatable bonds is 5. The number of halogens is 1. The van der Waals surface area contributed by atoms with Crippen LogP contribution < -0.4 is 0 Å². The highest BCUT2D eigenvalue weighted by atomic mass is 35.7. The molecule has 0 spiro atoms. The van der Waals surface area contributed by atoms with Crippen molar-refractivity contribution < 1.29 is 8.42 Å². The largest absolute Gasteiger partial charge is 0.239 e. The maximum absolute atomic E-state index is 11.4. The standard InChI is InChI=1S/C11H15ClO2S/c1-2-3-9-11(15(12,13)14)10-7-5-4-6-8-10/h4-8,11H,2-3,9H2,1H3. The summed E-state index contributed by atoms with van der Waals surface area (Å²) < 4.78 is 22.8. The molecule has 0 saturated carbocycles. The van der Waals surface area contributed by atoms with Gasteiger partial charge < -0.3 is 0 Å². The van der Waals surface area contributed by atoms with Gasteiger partial charge in [-0.05, 0) is 12.0 Å². The summed E-state index contributed by atoms with van der Waals surface area (Å²) in [6, 6.07) is 9.13. The topological polar surface area (TPSA) is 34.1 Å². The molecule has 1 rings (SSSR count). The Labute approximate surface area is 95.7 Å². The van der Waals surface area contributed by atoms with Crippen molar-refractivity contribution in [3.63, 3.8) is 0 Å². The molecule has 0 radical (unpaired) electrons. The Balaban J connectivity index is 2.92. The van der Waals surface area contributed by atoms with Crippen LogP contribution >= 0.6 is 10.7 Å². The first-order chi connectivity index (χ1) is 7.05. The van der Waals surface area contributed by atoms with Crippen LogP contribution in [0, 0.1) is 0 Å². The lowest BCUT2D eigenvalue weighted by atomic mass is 10.1. The third-order valence-corrected chi connectivity index (χ3v) is 4.16. The summed E-state index contributed by atoms with van der Waals surface area (Å²) in [5.74, 6) is 0. The summed E-state index contributed by atoms with van der Waals surface area (Å²) in [7, 11) is 1.92. The lowest BCUT2D eigenvalue weighted by Gasteiger charge is -2.13. The van der Waals surface area contributed by atoms with Crippen LogP contribution in [0.4, 0.5) is 0 Å². The normalized spacial score (nSPS) is 13.7. The molecular formula is C11H15ClO2S. The maximum Gasteiger partial charge on any atom is 0.239 e. The molecule has 0 aromatic heterocycles. The number of benzene rings is 1. The van der Waals surface area contributed by atoms with E-state index in [9.17, 15) is 8.42 Å². The lowest BCUT2D eigenvalue weighted by Crippen LogP contribution is -2.07. The molecule has 1 atom stereocenters. The molecule has 0 fully saturated rings. The average Bonchev–Trinajstić information content (AvgIpc) is 2.18. The predicted octanol–water partition coefficient (Wildman–Crippen LogP) is 3.49. The second-order valence-electron chi connectivity index (χ2n) is 3.52. The Morgan fingerprint density at radius 1 is 1.27 bits per heavy atom. The van der Waals surface area contributed by atoms with Gasteiger partial charge >= 0.3 is 0 Å². The highest BCUT2D eigenvalue weighted by Crippen LogP contribution is 2.30. The molecule has 1 aromatic rings. The van der Waals surface area contributed by atoms with Crippen LogP contribution in [0.5, 0.6) is 0 Å². The van der Waals surface area contributed by atoms with E-state index in [1.165, 1.54) is 0 Å². The molecule has 0 N–H and O–H groups in total. The molecule has 1 unspecified atom stereocenters. The zero-order valence-corrected chi connectivity index (χ0v) is 10.3. The van der Waals surface area contributed by atoms with E-state index in [4.69, 9.17) is 10.7 Å². The van der Waals surface area contributed by atoms with Gasteiger partial charge in [-0.2, -0.15) is 0 Å². The minimum absolute atomic E-state index is 0.569. The molecule has 0 aliphatic heterocycles. The first kappa shape index (κ1) is 12.5. The molecule has 15 heavy (non-hydrogen) atoms. The highest BCUT2D eigenvalue weighted by molar-refractivity contribution is 8.13. The van der Waals surface area contributed by atoms with Crippen LogP contribution in [0.15, 0.2) is 30.3 Å². The molecule has 2 nitrogen and oxygen atoms in total. The van der Waals surface area contributed by atoms with Gasteiger partial charge in [0, 0.05) is 10.7 Å². The first-order valence-electron chi connectivity index (χ1n) is 5.04. The fraction of sp³-hybridized carbons (Fsp3) is 0.455. The van der Waals surface area contributed by atoms with Gasteiger partial charge in [0.1, 0.15) is 5.25 Å². The fourth-order valence-corrected chi connectivity index (χ4v) is 3.03. The van der Waals surface area contributed by atoms with Gasteiger partial charge in [-0.25, -0.2) is 8.42 Å². The zero-order chi connectivity index (χ0) is 11.3. The quantitative estimate of drug-likeness (QED) is 0.746. The lowest BCUT2D eigenvalue weighted by molar-refractivity contribution is 0.583. The van der Waals surface area contributed by atoms with E-state index < -0.39 is 14.3 Å². The average molecular weight is 247 g/mol. The predicted molar refractivity (Wildman–Crippen MR) is 63.5 cm³/mol. The second kappa shape index (κ2) is 5.52. The van der Waals surface area contributed by atoms with Crippen molar-refractivity contribution in [2.45, 2.75) is 31.4 Å². The summed E-state index contributed by atoms with van der Waals surface area (Å²) in [6.45, 7) is 2.03. The molecule has 84 valence electrons. The number of hydrogen-bond acceptors (Lipinski definition) is 2. The molecular weight excluding hydrogens is 232 g/mol. The minimum Gasteiger partial charge on any atom is -0.212 e. The van der Waals surface area contributed by atoms with Gasteiger partial charge in [-0.1, -0.05) is 50.1 Å². The van der Waals surface area contributed by atoms with Crippen LogP contribution in [-0.4, -0.2) is 8.42 Å². The molecule has 0 bridgehead atoms. The molecule has 0 saturated heterocycles. The van der Waals surface area contributed by atoms with Gasteiger partial charge in [-0.3, -0.25) is 0 Å². The smallest absolute Gasteiger partial charge is 0.212 e. The summed E-state index contributed by atoms with van der Waals surface area (Å²) in [5, 5.41) is -0.569. The summed E-state index contributed by atoms with van der Waals surface area (Å²) in [5.41, 5.74) is 0.779. The van der Waals surface area contributed by atoms with E-state index in [2.05, 4.69) is 0 Å². The number of unbranched alkanes of at least 4 members (excludes halogenated alkanes) is 1. The van der Waals surface area contributed by atoms with Crippen molar-refractivity contribution in [1.29, 1.82) is 0 Å². The highest BCUT2D eigenvalue weighted by Gasteiger charge is 2.23. The molecule has 0 heterocycles. The minimum atomic E-state index is -3.52. The summed E-state index contributed by atoms with van der Waals surface area (Å²) in [4.78, 5) is 0. The maximum atomic E-state index is 11.4. The van der Waals surface area contributed by atoms with Crippen LogP contribution in [0.1, 0.15) is 37.0 Å². The first-order valence-corrected chi connectivity index (χ1v) is 7.41. The van der Waals surface area contributed by atoms with Crippen molar-refractivity contribution >= 4 is 19.7 Å². The van der Waals surface area contributed by atoms with Crippen molar-refractivity contribution in [2.75, 3.05) is 0 Å². The monoisotopic (exact) mass is 246 g/mol. The Morgan fingerprint density at radius 2 is 1.87 bits per heavy atom. The van der Waals surface area contributed by atoms with E-state index in [0.717, 1.165) is 18.4 Å². The van der Waals surface area contributed by atoms with E-state index in [-0.39, 0.29) is 0 Å². The van der Waals surface area contributed by atoms with Gasteiger partial charge in [0.2, 0.25) is 9.05 Å². The van der Waals surface area contributed by atoms with Crippen molar-refractivity contribution in [2.24, 2.45) is 0 Å². The second-order valence-corrected chi connectivity index (χ2v) is 6.33. The molecule has 1 aromatic carbocycles. The van der Waals surface area contributed by atoms with Crippen LogP contribution in [0.3, 0.4) is 0 Å². The Hall–Kier alpha value is -0.540. The van der Waals surface area contributed by atoms with Gasteiger partial charge in [0.25, 0.3) is 0 Å². The van der Waals surface area contributed by atoms with E-state index >= 15 is 0 Å². The molecule has 0 aliphatic carbocycles. The molecule has 0 amide bonds.